The van der Waals surface area contributed by atoms with E-state index in [2.05, 4.69) is 47.4 Å². The van der Waals surface area contributed by atoms with Crippen molar-refractivity contribution < 1.29 is 4.74 Å². The normalized spacial score (nSPS) is 15.3. The summed E-state index contributed by atoms with van der Waals surface area (Å²) in [5, 5.41) is 2.47. The molecule has 0 aliphatic heterocycles. The van der Waals surface area contributed by atoms with Gasteiger partial charge in [-0.15, -0.1) is 0 Å². The summed E-state index contributed by atoms with van der Waals surface area (Å²) in [6, 6.07) is 14.6. The van der Waals surface area contributed by atoms with Crippen LogP contribution < -0.4 is 4.74 Å². The van der Waals surface area contributed by atoms with Crippen LogP contribution >= 0.6 is 0 Å². The molecule has 1 saturated carbocycles. The van der Waals surface area contributed by atoms with E-state index in [-0.39, 0.29) is 0 Å². The fourth-order valence-corrected chi connectivity index (χ4v) is 2.48. The maximum atomic E-state index is 5.99. The minimum Gasteiger partial charge on any atom is -0.493 e. The Hall–Kier alpha value is -1.96. The minimum absolute atomic E-state index is 0.783. The predicted molar refractivity (Wildman–Crippen MR) is 74.0 cm³/mol. The fraction of sp³-hybridized carbons (Fsp3) is 0.250. The second kappa shape index (κ2) is 3.77. The Bertz CT molecular complexity index is 709. The van der Waals surface area contributed by atoms with Crippen molar-refractivity contribution in [2.24, 2.45) is 5.92 Å². The Labute approximate surface area is 106 Å². The molecule has 2 heteroatoms. The molecule has 0 atom stereocenters. The first-order valence-corrected chi connectivity index (χ1v) is 6.54. The van der Waals surface area contributed by atoms with Crippen molar-refractivity contribution in [3.05, 3.63) is 42.5 Å². The molecular formula is C16H15NO. The maximum absolute atomic E-state index is 5.99. The van der Waals surface area contributed by atoms with Crippen LogP contribution in [0.15, 0.2) is 42.5 Å². The van der Waals surface area contributed by atoms with E-state index in [0.717, 1.165) is 23.8 Å². The Kier molecular flexibility index (Phi) is 2.10. The third-order valence-electron chi connectivity index (χ3n) is 3.66. The first kappa shape index (κ1) is 10.0. The van der Waals surface area contributed by atoms with E-state index in [1.54, 1.807) is 0 Å². The summed E-state index contributed by atoms with van der Waals surface area (Å²) in [6.45, 7) is 0.860. The smallest absolute Gasteiger partial charge is 0.129 e. The van der Waals surface area contributed by atoms with Crippen LogP contribution in [-0.4, -0.2) is 11.6 Å². The summed E-state index contributed by atoms with van der Waals surface area (Å²) in [6.07, 6.45) is 2.65. The first-order chi connectivity index (χ1) is 8.92. The second-order valence-corrected chi connectivity index (χ2v) is 5.10. The first-order valence-electron chi connectivity index (χ1n) is 6.54. The topological polar surface area (TPSA) is 25.0 Å². The number of hydrogen-bond donors (Lipinski definition) is 1. The minimum atomic E-state index is 0.783. The van der Waals surface area contributed by atoms with E-state index in [9.17, 15) is 0 Å². The molecule has 1 fully saturated rings. The highest BCUT2D eigenvalue weighted by atomic mass is 16.5. The molecular weight excluding hydrogens is 222 g/mol. The summed E-state index contributed by atoms with van der Waals surface area (Å²) < 4.78 is 5.99. The van der Waals surface area contributed by atoms with Gasteiger partial charge < -0.3 is 9.72 Å². The van der Waals surface area contributed by atoms with Gasteiger partial charge in [0.05, 0.1) is 12.1 Å². The molecule has 0 saturated heterocycles. The quantitative estimate of drug-likeness (QED) is 0.728. The van der Waals surface area contributed by atoms with Gasteiger partial charge >= 0.3 is 0 Å². The number of benzene rings is 2. The van der Waals surface area contributed by atoms with Gasteiger partial charge in [-0.3, -0.25) is 0 Å². The molecule has 1 N–H and O–H groups in total. The third kappa shape index (κ3) is 1.57. The zero-order valence-electron chi connectivity index (χ0n) is 10.1. The highest BCUT2D eigenvalue weighted by Gasteiger charge is 2.22. The van der Waals surface area contributed by atoms with Crippen LogP contribution in [-0.2, 0) is 0 Å². The van der Waals surface area contributed by atoms with Crippen molar-refractivity contribution in [3.63, 3.8) is 0 Å². The third-order valence-corrected chi connectivity index (χ3v) is 3.66. The number of hydrogen-bond acceptors (Lipinski definition) is 1. The van der Waals surface area contributed by atoms with Gasteiger partial charge in [0.25, 0.3) is 0 Å². The van der Waals surface area contributed by atoms with E-state index in [1.165, 1.54) is 29.1 Å². The number of nitrogens with one attached hydrogen (secondary N) is 1. The molecule has 2 aromatic carbocycles. The Morgan fingerprint density at radius 3 is 2.72 bits per heavy atom. The molecule has 1 heterocycles. The molecule has 0 spiro atoms. The largest absolute Gasteiger partial charge is 0.493 e. The zero-order valence-corrected chi connectivity index (χ0v) is 10.1. The second-order valence-electron chi connectivity index (χ2n) is 5.10. The molecule has 18 heavy (non-hydrogen) atoms. The molecule has 90 valence electrons. The molecule has 0 bridgehead atoms. The zero-order chi connectivity index (χ0) is 11.9. The Balaban J connectivity index is 1.89. The lowest BCUT2D eigenvalue weighted by Crippen LogP contribution is -1.98. The average Bonchev–Trinajstić information content (AvgIpc) is 3.15. The maximum Gasteiger partial charge on any atom is 0.129 e. The van der Waals surface area contributed by atoms with Crippen LogP contribution in [0.4, 0.5) is 0 Å². The summed E-state index contributed by atoms with van der Waals surface area (Å²) in [5.74, 6) is 1.79. The van der Waals surface area contributed by atoms with Gasteiger partial charge in [-0.2, -0.15) is 0 Å². The summed E-state index contributed by atoms with van der Waals surface area (Å²) in [4.78, 5) is 3.44. The molecule has 4 rings (SSSR count). The summed E-state index contributed by atoms with van der Waals surface area (Å²) >= 11 is 0. The van der Waals surface area contributed by atoms with Crippen molar-refractivity contribution in [1.82, 2.24) is 4.98 Å². The van der Waals surface area contributed by atoms with Gasteiger partial charge in [-0.25, -0.2) is 0 Å². The average molecular weight is 237 g/mol. The lowest BCUT2D eigenvalue weighted by atomic mass is 10.1. The van der Waals surface area contributed by atoms with Crippen molar-refractivity contribution in [2.45, 2.75) is 12.8 Å². The van der Waals surface area contributed by atoms with Crippen molar-refractivity contribution in [3.8, 4) is 5.75 Å². The number of fused-ring (bicyclic) bond motifs is 3. The molecule has 1 aromatic heterocycles. The van der Waals surface area contributed by atoms with E-state index in [4.69, 9.17) is 4.74 Å². The summed E-state index contributed by atoms with van der Waals surface area (Å²) in [7, 11) is 0. The molecule has 1 aliphatic rings. The number of para-hydroxylation sites is 1. The molecule has 0 amide bonds. The van der Waals surface area contributed by atoms with Gasteiger partial charge in [-0.05, 0) is 37.0 Å². The van der Waals surface area contributed by atoms with Crippen molar-refractivity contribution in [1.29, 1.82) is 0 Å². The van der Waals surface area contributed by atoms with Gasteiger partial charge in [0, 0.05) is 16.3 Å². The number of ether oxygens (including phenoxy) is 1. The fourth-order valence-electron chi connectivity index (χ4n) is 2.48. The number of H-pyrrole nitrogens is 1. The highest BCUT2D eigenvalue weighted by molar-refractivity contribution is 6.10. The lowest BCUT2D eigenvalue weighted by molar-refractivity contribution is 0.303. The Morgan fingerprint density at radius 2 is 1.83 bits per heavy atom. The van der Waals surface area contributed by atoms with Gasteiger partial charge in [0.2, 0.25) is 0 Å². The lowest BCUT2D eigenvalue weighted by Gasteiger charge is -2.06. The number of aromatic amines is 1. The van der Waals surface area contributed by atoms with Crippen molar-refractivity contribution >= 4 is 21.8 Å². The van der Waals surface area contributed by atoms with Gasteiger partial charge in [0.15, 0.2) is 0 Å². The van der Waals surface area contributed by atoms with Crippen LogP contribution in [0.2, 0.25) is 0 Å². The molecule has 3 aromatic rings. The molecule has 1 aliphatic carbocycles. The monoisotopic (exact) mass is 237 g/mol. The predicted octanol–water partition coefficient (Wildman–Crippen LogP) is 4.11. The van der Waals surface area contributed by atoms with E-state index in [1.807, 2.05) is 0 Å². The van der Waals surface area contributed by atoms with Crippen LogP contribution in [0.25, 0.3) is 21.8 Å². The standard InChI is InChI=1S/C16H15NO/c1-2-5-13-12(4-1)16-14(17-13)6-3-7-15(16)18-10-11-8-9-11/h1-7,11,17H,8-10H2. The van der Waals surface area contributed by atoms with E-state index in [0.29, 0.717) is 0 Å². The molecule has 0 unspecified atom stereocenters. The van der Waals surface area contributed by atoms with Gasteiger partial charge in [0.1, 0.15) is 5.75 Å². The van der Waals surface area contributed by atoms with Crippen LogP contribution in [0.1, 0.15) is 12.8 Å². The molecule has 2 nitrogen and oxygen atoms in total. The number of aromatic nitrogens is 1. The van der Waals surface area contributed by atoms with E-state index >= 15 is 0 Å². The Morgan fingerprint density at radius 1 is 1.00 bits per heavy atom. The van der Waals surface area contributed by atoms with Crippen LogP contribution in [0.5, 0.6) is 5.75 Å². The highest BCUT2D eigenvalue weighted by Crippen LogP contribution is 2.35. The summed E-state index contributed by atoms with van der Waals surface area (Å²) in [5.41, 5.74) is 2.33. The SMILES string of the molecule is c1ccc2c(c1)[nH]c1cccc(OCC3CC3)c12. The van der Waals surface area contributed by atoms with Gasteiger partial charge in [-0.1, -0.05) is 24.3 Å². The molecule has 0 radical (unpaired) electrons. The van der Waals surface area contributed by atoms with Crippen molar-refractivity contribution in [2.75, 3.05) is 6.61 Å². The van der Waals surface area contributed by atoms with Crippen LogP contribution in [0, 0.1) is 5.92 Å². The number of rotatable bonds is 3. The van der Waals surface area contributed by atoms with E-state index < -0.39 is 0 Å². The van der Waals surface area contributed by atoms with Crippen LogP contribution in [0.3, 0.4) is 0 Å².